The molecule has 0 aromatic rings. The number of rotatable bonds is 4. The van der Waals surface area contributed by atoms with Crippen molar-refractivity contribution in [2.45, 2.75) is 78.1 Å². The molecule has 4 aliphatic rings. The van der Waals surface area contributed by atoms with Crippen LogP contribution in [0.4, 0.5) is 0 Å². The maximum Gasteiger partial charge on any atom is 4.00 e. The van der Waals surface area contributed by atoms with Crippen LogP contribution in [0.3, 0.4) is 0 Å². The zero-order valence-corrected chi connectivity index (χ0v) is 20.9. The van der Waals surface area contributed by atoms with Crippen LogP contribution < -0.4 is 24.8 Å². The summed E-state index contributed by atoms with van der Waals surface area (Å²) in [7, 11) is 0. The van der Waals surface area contributed by atoms with E-state index in [2.05, 4.69) is 50.3 Å². The minimum Gasteiger partial charge on any atom is -1.00 e. The molecule has 2 fully saturated rings. The molecule has 0 heterocycles. The van der Waals surface area contributed by atoms with Crippen molar-refractivity contribution in [2.75, 3.05) is 0 Å². The van der Waals surface area contributed by atoms with E-state index in [1.807, 2.05) is 0 Å². The minimum absolute atomic E-state index is 0. The topological polar surface area (TPSA) is 0 Å². The molecule has 0 aromatic carbocycles. The first-order valence-corrected chi connectivity index (χ1v) is 10.3. The third kappa shape index (κ3) is 7.17. The van der Waals surface area contributed by atoms with E-state index in [4.69, 9.17) is 0 Å². The van der Waals surface area contributed by atoms with Crippen molar-refractivity contribution in [3.63, 3.8) is 0 Å². The Hall–Kier alpha value is 0.163. The Labute approximate surface area is 199 Å². The van der Waals surface area contributed by atoms with Gasteiger partial charge >= 0.3 is 26.2 Å². The smallest absolute Gasteiger partial charge is 1.00 e. The van der Waals surface area contributed by atoms with Gasteiger partial charge in [0.1, 0.15) is 0 Å². The average molecular weight is 485 g/mol. The van der Waals surface area contributed by atoms with Gasteiger partial charge in [-0.2, -0.15) is 0 Å². The van der Waals surface area contributed by atoms with E-state index in [1.165, 1.54) is 64.2 Å². The molecule has 0 N–H and O–H groups in total. The fourth-order valence-electron chi connectivity index (χ4n) is 4.84. The van der Waals surface area contributed by atoms with Crippen molar-refractivity contribution in [2.24, 2.45) is 11.8 Å². The van der Waals surface area contributed by atoms with Crippen LogP contribution in [0.2, 0.25) is 0 Å². The number of halogens is 2. The molecule has 0 radical (unpaired) electrons. The number of allylic oxidation sites excluding steroid dienone is 8. The predicted octanol–water partition coefficient (Wildman–Crippen LogP) is 1.32. The molecule has 3 heteroatoms. The third-order valence-electron chi connectivity index (χ3n) is 6.05. The molecule has 2 unspecified atom stereocenters. The third-order valence-corrected chi connectivity index (χ3v) is 6.05. The van der Waals surface area contributed by atoms with E-state index >= 15 is 0 Å². The van der Waals surface area contributed by atoms with Gasteiger partial charge < -0.3 is 24.8 Å². The monoisotopic (exact) mass is 482 g/mol. The fraction of sp³-hybridized carbons (Fsp3) is 0.583. The Bertz CT molecular complexity index is 480. The van der Waals surface area contributed by atoms with Crippen molar-refractivity contribution in [1.29, 1.82) is 0 Å². The second-order valence-corrected chi connectivity index (χ2v) is 7.75. The molecule has 4 rings (SSSR count). The van der Waals surface area contributed by atoms with E-state index in [1.54, 1.807) is 23.0 Å². The van der Waals surface area contributed by atoms with Crippen LogP contribution in [0.1, 0.15) is 78.1 Å². The minimum atomic E-state index is 0. The Morgan fingerprint density at radius 1 is 0.778 bits per heavy atom. The molecule has 148 valence electrons. The van der Waals surface area contributed by atoms with Gasteiger partial charge in [-0.15, -0.1) is 24.3 Å². The molecule has 0 aliphatic heterocycles. The molecule has 0 bridgehead atoms. The van der Waals surface area contributed by atoms with Gasteiger partial charge in [0, 0.05) is 0 Å². The van der Waals surface area contributed by atoms with E-state index in [-0.39, 0.29) is 51.0 Å². The standard InChI is InChI=1S/2C12H17.2ClH.Zr/c2*1-2-5-10-8-9-11-6-3-4-7-12(10)11;;;/h2*3-4,7,11H,2,5-6,8-9H2,1H3;2*1H;/q2*-1;;;+4/p-2. The molecular formula is C24H34Cl2Zr. The van der Waals surface area contributed by atoms with Crippen LogP contribution in [0.25, 0.3) is 0 Å². The van der Waals surface area contributed by atoms with Crippen LogP contribution in [0.15, 0.2) is 47.6 Å². The number of hydrogen-bond acceptors (Lipinski definition) is 0. The summed E-state index contributed by atoms with van der Waals surface area (Å²) in [6, 6.07) is 0. The summed E-state index contributed by atoms with van der Waals surface area (Å²) >= 11 is 0. The molecule has 0 amide bonds. The Kier molecular flexibility index (Phi) is 14.3. The van der Waals surface area contributed by atoms with E-state index < -0.39 is 0 Å². The number of fused-ring (bicyclic) bond motifs is 2. The molecule has 2 saturated carbocycles. The molecule has 0 spiro atoms. The largest absolute Gasteiger partial charge is 4.00 e. The molecular weight excluding hydrogens is 450 g/mol. The summed E-state index contributed by atoms with van der Waals surface area (Å²) in [5.74, 6) is 5.26. The summed E-state index contributed by atoms with van der Waals surface area (Å²) in [5.41, 5.74) is 3.36. The van der Waals surface area contributed by atoms with Gasteiger partial charge in [-0.1, -0.05) is 65.2 Å². The van der Waals surface area contributed by atoms with Crippen molar-refractivity contribution in [3.8, 4) is 0 Å². The van der Waals surface area contributed by atoms with Gasteiger partial charge in [0.2, 0.25) is 0 Å². The molecule has 0 saturated heterocycles. The second-order valence-electron chi connectivity index (χ2n) is 7.75. The summed E-state index contributed by atoms with van der Waals surface area (Å²) in [6.07, 6.45) is 27.2. The van der Waals surface area contributed by atoms with E-state index in [9.17, 15) is 0 Å². The zero-order chi connectivity index (χ0) is 16.8. The van der Waals surface area contributed by atoms with Crippen molar-refractivity contribution in [3.05, 3.63) is 59.4 Å². The van der Waals surface area contributed by atoms with E-state index in [0.717, 1.165) is 11.8 Å². The average Bonchev–Trinajstić information content (AvgIpc) is 3.22. The predicted molar refractivity (Wildman–Crippen MR) is 105 cm³/mol. The first kappa shape index (κ1) is 27.2. The van der Waals surface area contributed by atoms with Gasteiger partial charge in [-0.05, 0) is 24.7 Å². The fourth-order valence-corrected chi connectivity index (χ4v) is 4.84. The number of hydrogen-bond donors (Lipinski definition) is 0. The van der Waals surface area contributed by atoms with Crippen molar-refractivity contribution in [1.82, 2.24) is 0 Å². The van der Waals surface area contributed by atoms with Crippen LogP contribution >= 0.6 is 0 Å². The Morgan fingerprint density at radius 2 is 1.19 bits per heavy atom. The first-order chi connectivity index (χ1) is 11.8. The van der Waals surface area contributed by atoms with Crippen LogP contribution in [-0.2, 0) is 26.2 Å². The Balaban J connectivity index is 0.000000451. The Morgan fingerprint density at radius 3 is 1.56 bits per heavy atom. The summed E-state index contributed by atoms with van der Waals surface area (Å²) in [5, 5.41) is 0. The molecule has 27 heavy (non-hydrogen) atoms. The van der Waals surface area contributed by atoms with Crippen LogP contribution in [0, 0.1) is 23.7 Å². The second kappa shape index (κ2) is 14.2. The molecule has 0 aromatic heterocycles. The van der Waals surface area contributed by atoms with Gasteiger partial charge in [-0.3, -0.25) is 0 Å². The summed E-state index contributed by atoms with van der Waals surface area (Å²) in [4.78, 5) is 0. The SMILES string of the molecule is CCC[C-]1CCC2CC=CC=C12.CCC[C-]1CCC2CC=CC=C12.[Cl-].[Cl-].[Zr+4]. The quantitative estimate of drug-likeness (QED) is 0.528. The van der Waals surface area contributed by atoms with Gasteiger partial charge in [0.05, 0.1) is 0 Å². The van der Waals surface area contributed by atoms with E-state index in [0.29, 0.717) is 0 Å². The van der Waals surface area contributed by atoms with Gasteiger partial charge in [0.15, 0.2) is 0 Å². The molecule has 2 atom stereocenters. The van der Waals surface area contributed by atoms with Crippen LogP contribution in [-0.4, -0.2) is 0 Å². The van der Waals surface area contributed by atoms with Gasteiger partial charge in [0.25, 0.3) is 0 Å². The maximum atomic E-state index is 2.34. The van der Waals surface area contributed by atoms with Gasteiger partial charge in [-0.25, -0.2) is 35.1 Å². The first-order valence-electron chi connectivity index (χ1n) is 10.3. The summed E-state index contributed by atoms with van der Waals surface area (Å²) in [6.45, 7) is 4.55. The summed E-state index contributed by atoms with van der Waals surface area (Å²) < 4.78 is 0. The zero-order valence-electron chi connectivity index (χ0n) is 16.9. The molecule has 4 aliphatic carbocycles. The molecule has 0 nitrogen and oxygen atoms in total. The van der Waals surface area contributed by atoms with Crippen molar-refractivity contribution < 1.29 is 51.0 Å². The maximum absolute atomic E-state index is 2.34. The van der Waals surface area contributed by atoms with Crippen LogP contribution in [0.5, 0.6) is 0 Å². The van der Waals surface area contributed by atoms with Crippen molar-refractivity contribution >= 4 is 0 Å². The normalized spacial score (nSPS) is 24.2.